The van der Waals surface area contributed by atoms with Gasteiger partial charge in [0.2, 0.25) is 10.0 Å². The van der Waals surface area contributed by atoms with Crippen LogP contribution in [0.4, 0.5) is 10.3 Å². The van der Waals surface area contributed by atoms with Crippen molar-refractivity contribution >= 4 is 28.4 Å². The fourth-order valence-electron chi connectivity index (χ4n) is 1.73. The number of aryl methyl sites for hydroxylation is 1. The van der Waals surface area contributed by atoms with Crippen LogP contribution < -0.4 is 10.5 Å². The SMILES string of the molecule is Cl.Nc1ncc(CCCNS(=O)(=O)c2ccccc2F)[nH]1. The van der Waals surface area contributed by atoms with Gasteiger partial charge in [-0.05, 0) is 25.0 Å². The molecule has 21 heavy (non-hydrogen) atoms. The molecule has 0 atom stereocenters. The van der Waals surface area contributed by atoms with Crippen molar-refractivity contribution in [2.24, 2.45) is 0 Å². The molecule has 0 radical (unpaired) electrons. The topological polar surface area (TPSA) is 101 Å². The quantitative estimate of drug-likeness (QED) is 0.696. The summed E-state index contributed by atoms with van der Waals surface area (Å²) < 4.78 is 39.5. The highest BCUT2D eigenvalue weighted by Crippen LogP contribution is 2.13. The normalized spacial score (nSPS) is 11.1. The van der Waals surface area contributed by atoms with Crippen LogP contribution in [0.2, 0.25) is 0 Å². The van der Waals surface area contributed by atoms with E-state index < -0.39 is 15.8 Å². The molecule has 1 heterocycles. The largest absolute Gasteiger partial charge is 0.369 e. The summed E-state index contributed by atoms with van der Waals surface area (Å²) >= 11 is 0. The second-order valence-electron chi connectivity index (χ2n) is 4.23. The number of H-pyrrole nitrogens is 1. The number of hydrogen-bond acceptors (Lipinski definition) is 4. The number of nitrogens with zero attached hydrogens (tertiary/aromatic N) is 1. The summed E-state index contributed by atoms with van der Waals surface area (Å²) in [5.74, 6) is -0.437. The van der Waals surface area contributed by atoms with Gasteiger partial charge in [-0.2, -0.15) is 0 Å². The average Bonchev–Trinajstić information content (AvgIpc) is 2.81. The van der Waals surface area contributed by atoms with Crippen molar-refractivity contribution < 1.29 is 12.8 Å². The van der Waals surface area contributed by atoms with E-state index in [4.69, 9.17) is 5.73 Å². The summed E-state index contributed by atoms with van der Waals surface area (Å²) in [6.45, 7) is 0.204. The third-order valence-corrected chi connectivity index (χ3v) is 4.18. The van der Waals surface area contributed by atoms with Gasteiger partial charge in [0.25, 0.3) is 0 Å². The Hall–Kier alpha value is -1.64. The van der Waals surface area contributed by atoms with Crippen LogP contribution in [-0.4, -0.2) is 24.9 Å². The number of sulfonamides is 1. The molecule has 6 nitrogen and oxygen atoms in total. The Kier molecular flexibility index (Phi) is 6.13. The van der Waals surface area contributed by atoms with E-state index in [0.717, 1.165) is 11.8 Å². The summed E-state index contributed by atoms with van der Waals surface area (Å²) in [5, 5.41) is 0. The highest BCUT2D eigenvalue weighted by Gasteiger charge is 2.17. The van der Waals surface area contributed by atoms with Crippen LogP contribution in [0.15, 0.2) is 35.4 Å². The molecular formula is C12H16ClFN4O2S. The van der Waals surface area contributed by atoms with Crippen molar-refractivity contribution in [2.45, 2.75) is 17.7 Å². The van der Waals surface area contributed by atoms with E-state index in [1.807, 2.05) is 0 Å². The minimum Gasteiger partial charge on any atom is -0.369 e. The Morgan fingerprint density at radius 2 is 2.05 bits per heavy atom. The molecule has 0 fully saturated rings. The molecule has 4 N–H and O–H groups in total. The standard InChI is InChI=1S/C12H15FN4O2S.ClH/c13-10-5-1-2-6-11(10)20(18,19)16-7-3-4-9-8-15-12(14)17-9;/h1-2,5-6,8,16H,3-4,7H2,(H3,14,15,17);1H. The second-order valence-corrected chi connectivity index (χ2v) is 5.96. The lowest BCUT2D eigenvalue weighted by atomic mass is 10.2. The van der Waals surface area contributed by atoms with E-state index in [1.165, 1.54) is 18.2 Å². The summed E-state index contributed by atoms with van der Waals surface area (Å²) in [7, 11) is -3.82. The third kappa shape index (κ3) is 4.69. The summed E-state index contributed by atoms with van der Waals surface area (Å²) in [4.78, 5) is 6.34. The molecule has 2 rings (SSSR count). The van der Waals surface area contributed by atoms with Gasteiger partial charge in [0, 0.05) is 12.2 Å². The summed E-state index contributed by atoms with van der Waals surface area (Å²) in [6, 6.07) is 5.26. The van der Waals surface area contributed by atoms with E-state index in [-0.39, 0.29) is 23.8 Å². The molecule has 2 aromatic rings. The van der Waals surface area contributed by atoms with E-state index in [2.05, 4.69) is 14.7 Å². The van der Waals surface area contributed by atoms with Crippen molar-refractivity contribution in [1.29, 1.82) is 0 Å². The third-order valence-electron chi connectivity index (χ3n) is 2.69. The number of anilines is 1. The first-order valence-electron chi connectivity index (χ1n) is 6.02. The molecular weight excluding hydrogens is 319 g/mol. The molecule has 0 saturated heterocycles. The van der Waals surface area contributed by atoms with Gasteiger partial charge in [0.1, 0.15) is 10.7 Å². The first-order chi connectivity index (χ1) is 9.49. The van der Waals surface area contributed by atoms with E-state index >= 15 is 0 Å². The maximum atomic E-state index is 13.4. The fourth-order valence-corrected chi connectivity index (χ4v) is 2.88. The number of nitrogens with one attached hydrogen (secondary N) is 2. The van der Waals surface area contributed by atoms with Crippen LogP contribution in [0.25, 0.3) is 0 Å². The van der Waals surface area contributed by atoms with Gasteiger partial charge in [-0.3, -0.25) is 0 Å². The van der Waals surface area contributed by atoms with Crippen molar-refractivity contribution in [3.05, 3.63) is 42.0 Å². The van der Waals surface area contributed by atoms with Crippen LogP contribution >= 0.6 is 12.4 Å². The van der Waals surface area contributed by atoms with Gasteiger partial charge in [-0.15, -0.1) is 12.4 Å². The molecule has 9 heteroatoms. The van der Waals surface area contributed by atoms with Crippen molar-refractivity contribution in [3.8, 4) is 0 Å². The molecule has 0 saturated carbocycles. The number of aromatic nitrogens is 2. The molecule has 0 bridgehead atoms. The molecule has 1 aromatic heterocycles. The maximum Gasteiger partial charge on any atom is 0.243 e. The second kappa shape index (κ2) is 7.39. The Balaban J connectivity index is 0.00000220. The number of nitrogens with two attached hydrogens (primary N) is 1. The van der Waals surface area contributed by atoms with Gasteiger partial charge >= 0.3 is 0 Å². The number of hydrogen-bond donors (Lipinski definition) is 3. The van der Waals surface area contributed by atoms with Gasteiger partial charge in [0.05, 0.1) is 6.20 Å². The lowest BCUT2D eigenvalue weighted by Gasteiger charge is -2.07. The Morgan fingerprint density at radius 3 is 2.67 bits per heavy atom. The predicted octanol–water partition coefficient (Wildman–Crippen LogP) is 1.46. The van der Waals surface area contributed by atoms with Gasteiger partial charge < -0.3 is 10.7 Å². The molecule has 0 unspecified atom stereocenters. The Morgan fingerprint density at radius 1 is 1.33 bits per heavy atom. The maximum absolute atomic E-state index is 13.4. The van der Waals surface area contributed by atoms with Crippen LogP contribution in [0.5, 0.6) is 0 Å². The number of rotatable bonds is 6. The number of benzene rings is 1. The Labute approximate surface area is 128 Å². The van der Waals surface area contributed by atoms with Gasteiger partial charge in [0.15, 0.2) is 5.95 Å². The molecule has 0 amide bonds. The van der Waals surface area contributed by atoms with Crippen molar-refractivity contribution in [2.75, 3.05) is 12.3 Å². The highest BCUT2D eigenvalue weighted by molar-refractivity contribution is 7.89. The fraction of sp³-hybridized carbons (Fsp3) is 0.250. The van der Waals surface area contributed by atoms with Gasteiger partial charge in [-0.1, -0.05) is 12.1 Å². The molecule has 0 spiro atoms. The monoisotopic (exact) mass is 334 g/mol. The summed E-state index contributed by atoms with van der Waals surface area (Å²) in [5.41, 5.74) is 6.25. The number of imidazole rings is 1. The minimum absolute atomic E-state index is 0. The molecule has 1 aromatic carbocycles. The lowest BCUT2D eigenvalue weighted by Crippen LogP contribution is -2.26. The zero-order valence-corrected chi connectivity index (χ0v) is 12.7. The van der Waals surface area contributed by atoms with Crippen LogP contribution in [0.3, 0.4) is 0 Å². The molecule has 0 aliphatic heterocycles. The molecule has 0 aliphatic carbocycles. The first kappa shape index (κ1) is 17.4. The summed E-state index contributed by atoms with van der Waals surface area (Å²) in [6.07, 6.45) is 2.75. The van der Waals surface area contributed by atoms with Crippen molar-refractivity contribution in [1.82, 2.24) is 14.7 Å². The number of aromatic amines is 1. The van der Waals surface area contributed by atoms with Crippen LogP contribution in [-0.2, 0) is 16.4 Å². The Bertz CT molecular complexity index is 690. The number of halogens is 2. The lowest BCUT2D eigenvalue weighted by molar-refractivity contribution is 0.555. The van der Waals surface area contributed by atoms with Crippen molar-refractivity contribution in [3.63, 3.8) is 0 Å². The smallest absolute Gasteiger partial charge is 0.243 e. The predicted molar refractivity (Wildman–Crippen MR) is 80.2 cm³/mol. The van der Waals surface area contributed by atoms with Crippen LogP contribution in [0, 0.1) is 5.82 Å². The van der Waals surface area contributed by atoms with E-state index in [1.54, 1.807) is 6.20 Å². The molecule has 0 aliphatic rings. The van der Waals surface area contributed by atoms with Gasteiger partial charge in [-0.25, -0.2) is 22.5 Å². The highest BCUT2D eigenvalue weighted by atomic mass is 35.5. The minimum atomic E-state index is -3.82. The molecule has 116 valence electrons. The zero-order chi connectivity index (χ0) is 14.6. The number of nitrogen functional groups attached to an aromatic ring is 1. The van der Waals surface area contributed by atoms with E-state index in [0.29, 0.717) is 18.8 Å². The first-order valence-corrected chi connectivity index (χ1v) is 7.51. The average molecular weight is 335 g/mol. The van der Waals surface area contributed by atoms with Crippen LogP contribution in [0.1, 0.15) is 12.1 Å². The zero-order valence-electron chi connectivity index (χ0n) is 11.0. The van der Waals surface area contributed by atoms with E-state index in [9.17, 15) is 12.8 Å².